The molecular formula is C21H29BrClN3O2. The van der Waals surface area contributed by atoms with Gasteiger partial charge in [-0.3, -0.25) is 9.59 Å². The molecule has 3 rings (SSSR count). The van der Waals surface area contributed by atoms with Crippen LogP contribution in [0.15, 0.2) is 16.6 Å². The van der Waals surface area contributed by atoms with Gasteiger partial charge in [0.1, 0.15) is 0 Å². The van der Waals surface area contributed by atoms with E-state index in [9.17, 15) is 9.59 Å². The van der Waals surface area contributed by atoms with Gasteiger partial charge in [0.2, 0.25) is 5.91 Å². The predicted octanol–water partition coefficient (Wildman–Crippen LogP) is 4.37. The largest absolute Gasteiger partial charge is 0.371 e. The maximum Gasteiger partial charge on any atom is 0.252 e. The van der Waals surface area contributed by atoms with Gasteiger partial charge in [0.05, 0.1) is 21.6 Å². The van der Waals surface area contributed by atoms with Crippen LogP contribution in [0.5, 0.6) is 0 Å². The van der Waals surface area contributed by atoms with Crippen LogP contribution in [0.2, 0.25) is 5.02 Å². The fraction of sp³-hybridized carbons (Fsp3) is 0.619. The van der Waals surface area contributed by atoms with E-state index in [0.717, 1.165) is 29.4 Å². The molecule has 0 aromatic heterocycles. The summed E-state index contributed by atoms with van der Waals surface area (Å²) in [7, 11) is 2.06. The number of halogens is 2. The van der Waals surface area contributed by atoms with Gasteiger partial charge in [-0.05, 0) is 60.2 Å². The number of anilines is 1. The summed E-state index contributed by atoms with van der Waals surface area (Å²) < 4.78 is 0.749. The number of amides is 2. The molecule has 2 N–H and O–H groups in total. The van der Waals surface area contributed by atoms with Gasteiger partial charge in [-0.15, -0.1) is 0 Å². The summed E-state index contributed by atoms with van der Waals surface area (Å²) in [5.41, 5.74) is 1.44. The van der Waals surface area contributed by atoms with Crippen molar-refractivity contribution in [3.05, 3.63) is 27.2 Å². The number of rotatable bonds is 5. The molecule has 5 nitrogen and oxygen atoms in total. The number of benzene rings is 1. The second-order valence-corrected chi connectivity index (χ2v) is 9.50. The molecule has 2 fully saturated rings. The topological polar surface area (TPSA) is 61.4 Å². The molecule has 0 radical (unpaired) electrons. The number of nitrogens with one attached hydrogen (secondary N) is 2. The summed E-state index contributed by atoms with van der Waals surface area (Å²) in [4.78, 5) is 27.4. The molecular weight excluding hydrogens is 442 g/mol. The predicted molar refractivity (Wildman–Crippen MR) is 117 cm³/mol. The van der Waals surface area contributed by atoms with Gasteiger partial charge in [-0.2, -0.15) is 0 Å². The summed E-state index contributed by atoms with van der Waals surface area (Å²) in [5.74, 6) is -0.179. The van der Waals surface area contributed by atoms with Crippen LogP contribution in [-0.4, -0.2) is 37.5 Å². The van der Waals surface area contributed by atoms with Crippen LogP contribution in [0.1, 0.15) is 56.3 Å². The first kappa shape index (κ1) is 21.4. The highest BCUT2D eigenvalue weighted by atomic mass is 79.9. The van der Waals surface area contributed by atoms with E-state index < -0.39 is 0 Å². The lowest BCUT2D eigenvalue weighted by molar-refractivity contribution is -0.129. The molecule has 1 saturated heterocycles. The highest BCUT2D eigenvalue weighted by Gasteiger charge is 2.32. The van der Waals surface area contributed by atoms with Crippen molar-refractivity contribution in [3.8, 4) is 0 Å². The third-order valence-electron chi connectivity index (χ3n) is 6.14. The Morgan fingerprint density at radius 1 is 1.32 bits per heavy atom. The van der Waals surface area contributed by atoms with E-state index in [-0.39, 0.29) is 29.7 Å². The summed E-state index contributed by atoms with van der Waals surface area (Å²) in [6, 6.07) is 4.24. The van der Waals surface area contributed by atoms with Gasteiger partial charge < -0.3 is 15.5 Å². The summed E-state index contributed by atoms with van der Waals surface area (Å²) in [6.07, 6.45) is 5.71. The average molecular weight is 471 g/mol. The molecule has 154 valence electrons. The second-order valence-electron chi connectivity index (χ2n) is 8.27. The standard InChI is InChI=1S/C21H29BrClN3O2/c1-12-8-13(2)25-21(28)17(12)11-24-20(27)16-9-14(23)10-18(19(16)22)26(3)15-6-4-5-7-15/h9-10,12-13,15,17H,4-8,11H2,1-3H3,(H,24,27)(H,25,28). The SMILES string of the molecule is CC1CC(C)C(CNC(=O)c2cc(Cl)cc(N(C)C3CCCC3)c2Br)C(=O)N1. The number of piperidine rings is 1. The maximum atomic E-state index is 12.9. The molecule has 7 heteroatoms. The van der Waals surface area contributed by atoms with Crippen molar-refractivity contribution in [2.75, 3.05) is 18.5 Å². The van der Waals surface area contributed by atoms with Crippen molar-refractivity contribution < 1.29 is 9.59 Å². The first-order chi connectivity index (χ1) is 13.3. The first-order valence-electron chi connectivity index (χ1n) is 10.1. The minimum absolute atomic E-state index is 0.0124. The Balaban J connectivity index is 1.73. The molecule has 0 spiro atoms. The Morgan fingerprint density at radius 3 is 2.64 bits per heavy atom. The van der Waals surface area contributed by atoms with E-state index in [4.69, 9.17) is 11.6 Å². The number of hydrogen-bond donors (Lipinski definition) is 2. The van der Waals surface area contributed by atoms with Gasteiger partial charge in [0, 0.05) is 30.7 Å². The summed E-state index contributed by atoms with van der Waals surface area (Å²) in [5, 5.41) is 6.45. The summed E-state index contributed by atoms with van der Waals surface area (Å²) in [6.45, 7) is 4.40. The molecule has 2 aliphatic rings. The van der Waals surface area contributed by atoms with Crippen molar-refractivity contribution >= 4 is 45.0 Å². The zero-order valence-corrected chi connectivity index (χ0v) is 19.1. The number of carbonyl (C=O) groups excluding carboxylic acids is 2. The fourth-order valence-electron chi connectivity index (χ4n) is 4.47. The minimum atomic E-state index is -0.214. The van der Waals surface area contributed by atoms with Crippen LogP contribution in [0.25, 0.3) is 0 Å². The normalized spacial score (nSPS) is 25.5. The smallest absolute Gasteiger partial charge is 0.252 e. The van der Waals surface area contributed by atoms with Crippen molar-refractivity contribution in [1.82, 2.24) is 10.6 Å². The van der Waals surface area contributed by atoms with Crippen LogP contribution in [0, 0.1) is 11.8 Å². The van der Waals surface area contributed by atoms with Crippen LogP contribution in [0.4, 0.5) is 5.69 Å². The maximum absolute atomic E-state index is 12.9. The molecule has 28 heavy (non-hydrogen) atoms. The van der Waals surface area contributed by atoms with Gasteiger partial charge in [0.15, 0.2) is 0 Å². The van der Waals surface area contributed by atoms with E-state index in [0.29, 0.717) is 23.2 Å². The molecule has 1 aliphatic heterocycles. The Hall–Kier alpha value is -1.27. The van der Waals surface area contributed by atoms with Gasteiger partial charge in [0.25, 0.3) is 5.91 Å². The highest BCUT2D eigenvalue weighted by Crippen LogP contribution is 2.36. The zero-order chi connectivity index (χ0) is 20.4. The van der Waals surface area contributed by atoms with E-state index in [1.54, 1.807) is 6.07 Å². The summed E-state index contributed by atoms with van der Waals surface area (Å²) >= 11 is 9.96. The number of nitrogens with zero attached hydrogens (tertiary/aromatic N) is 1. The van der Waals surface area contributed by atoms with E-state index in [2.05, 4.69) is 45.4 Å². The second kappa shape index (κ2) is 9.04. The lowest BCUT2D eigenvalue weighted by Crippen LogP contribution is -2.50. The van der Waals surface area contributed by atoms with E-state index in [1.807, 2.05) is 13.0 Å². The molecule has 1 aromatic carbocycles. The molecule has 1 aliphatic carbocycles. The van der Waals surface area contributed by atoms with E-state index in [1.165, 1.54) is 12.8 Å². The van der Waals surface area contributed by atoms with Gasteiger partial charge in [-0.25, -0.2) is 0 Å². The zero-order valence-electron chi connectivity index (χ0n) is 16.7. The molecule has 1 heterocycles. The van der Waals surface area contributed by atoms with Crippen molar-refractivity contribution in [1.29, 1.82) is 0 Å². The highest BCUT2D eigenvalue weighted by molar-refractivity contribution is 9.10. The van der Waals surface area contributed by atoms with Crippen LogP contribution in [-0.2, 0) is 4.79 Å². The van der Waals surface area contributed by atoms with Crippen LogP contribution in [0.3, 0.4) is 0 Å². The third-order valence-corrected chi connectivity index (χ3v) is 7.19. The number of carbonyl (C=O) groups is 2. The first-order valence-corrected chi connectivity index (χ1v) is 11.3. The molecule has 1 saturated carbocycles. The molecule has 3 unspecified atom stereocenters. The number of hydrogen-bond acceptors (Lipinski definition) is 3. The third kappa shape index (κ3) is 4.65. The Labute approximate surface area is 180 Å². The Morgan fingerprint density at radius 2 is 2.00 bits per heavy atom. The quantitative estimate of drug-likeness (QED) is 0.672. The molecule has 0 bridgehead atoms. The lowest BCUT2D eigenvalue weighted by Gasteiger charge is -2.32. The van der Waals surface area contributed by atoms with Gasteiger partial charge in [-0.1, -0.05) is 31.4 Å². The molecule has 2 amide bonds. The van der Waals surface area contributed by atoms with Crippen molar-refractivity contribution in [3.63, 3.8) is 0 Å². The minimum Gasteiger partial charge on any atom is -0.371 e. The molecule has 1 aromatic rings. The lowest BCUT2D eigenvalue weighted by atomic mass is 9.84. The average Bonchev–Trinajstić information content (AvgIpc) is 3.16. The Bertz CT molecular complexity index is 751. The van der Waals surface area contributed by atoms with Gasteiger partial charge >= 0.3 is 0 Å². The van der Waals surface area contributed by atoms with Crippen molar-refractivity contribution in [2.24, 2.45) is 11.8 Å². The Kier molecular flexibility index (Phi) is 6.92. The fourth-order valence-corrected chi connectivity index (χ4v) is 5.37. The van der Waals surface area contributed by atoms with Crippen LogP contribution < -0.4 is 15.5 Å². The van der Waals surface area contributed by atoms with E-state index >= 15 is 0 Å². The monoisotopic (exact) mass is 469 g/mol. The van der Waals surface area contributed by atoms with Crippen LogP contribution >= 0.6 is 27.5 Å². The molecule has 3 atom stereocenters. The van der Waals surface area contributed by atoms with Crippen molar-refractivity contribution in [2.45, 2.75) is 58.0 Å².